The van der Waals surface area contributed by atoms with Crippen LogP contribution in [0.25, 0.3) is 0 Å². The molecule has 0 aliphatic rings. The van der Waals surface area contributed by atoms with E-state index >= 15 is 0 Å². The van der Waals surface area contributed by atoms with Gasteiger partial charge in [0.15, 0.2) is 0 Å². The first-order valence-electron chi connectivity index (χ1n) is 6.00. The molecule has 0 bridgehead atoms. The fourth-order valence-electron chi connectivity index (χ4n) is 1.86. The van der Waals surface area contributed by atoms with E-state index in [2.05, 4.69) is 37.2 Å². The summed E-state index contributed by atoms with van der Waals surface area (Å²) < 4.78 is 1.67. The minimum Gasteiger partial charge on any atom is -0.345 e. The zero-order chi connectivity index (χ0) is 14.7. The first kappa shape index (κ1) is 15.5. The quantitative estimate of drug-likeness (QED) is 0.716. The van der Waals surface area contributed by atoms with Crippen molar-refractivity contribution < 1.29 is 4.79 Å². The Morgan fingerprint density at radius 3 is 2.45 bits per heavy atom. The van der Waals surface area contributed by atoms with Crippen molar-refractivity contribution in [1.82, 2.24) is 5.32 Å². The van der Waals surface area contributed by atoms with Crippen LogP contribution in [0.3, 0.4) is 0 Å². The summed E-state index contributed by atoms with van der Waals surface area (Å²) in [6.45, 7) is 1.93. The van der Waals surface area contributed by atoms with E-state index < -0.39 is 0 Å². The van der Waals surface area contributed by atoms with Gasteiger partial charge in [0.1, 0.15) is 0 Å². The van der Waals surface area contributed by atoms with Crippen molar-refractivity contribution in [2.24, 2.45) is 0 Å². The lowest BCUT2D eigenvalue weighted by Gasteiger charge is -2.16. The van der Waals surface area contributed by atoms with Gasteiger partial charge in [0.2, 0.25) is 0 Å². The molecule has 1 atom stereocenters. The topological polar surface area (TPSA) is 29.1 Å². The van der Waals surface area contributed by atoms with Gasteiger partial charge in [-0.1, -0.05) is 51.8 Å². The molecule has 2 rings (SSSR count). The third-order valence-corrected chi connectivity index (χ3v) is 4.93. The van der Waals surface area contributed by atoms with Crippen LogP contribution in [0, 0.1) is 0 Å². The normalized spacial score (nSPS) is 12.0. The fraction of sp³-hybridized carbons (Fsp3) is 0.133. The summed E-state index contributed by atoms with van der Waals surface area (Å²) in [5, 5.41) is 3.37. The zero-order valence-corrected chi connectivity index (χ0v) is 14.6. The highest BCUT2D eigenvalue weighted by Gasteiger charge is 2.16. The van der Waals surface area contributed by atoms with Crippen LogP contribution >= 0.6 is 43.5 Å². The molecular weight excluding hydrogens is 405 g/mol. The Kier molecular flexibility index (Phi) is 5.24. The number of benzene rings is 2. The minimum atomic E-state index is -0.195. The lowest BCUT2D eigenvalue weighted by molar-refractivity contribution is 0.0940. The van der Waals surface area contributed by atoms with Crippen LogP contribution in [-0.2, 0) is 0 Å². The van der Waals surface area contributed by atoms with Crippen LogP contribution in [0.4, 0.5) is 0 Å². The molecule has 104 valence electrons. The summed E-state index contributed by atoms with van der Waals surface area (Å²) >= 11 is 12.9. The number of hydrogen-bond acceptors (Lipinski definition) is 1. The van der Waals surface area contributed by atoms with E-state index in [1.165, 1.54) is 0 Å². The molecular formula is C15H12Br2ClNO. The van der Waals surface area contributed by atoms with E-state index in [9.17, 15) is 4.79 Å². The van der Waals surface area contributed by atoms with E-state index in [-0.39, 0.29) is 11.9 Å². The Morgan fingerprint density at radius 1 is 1.10 bits per heavy atom. The Hall–Kier alpha value is -0.840. The van der Waals surface area contributed by atoms with E-state index in [0.717, 1.165) is 10.0 Å². The molecule has 20 heavy (non-hydrogen) atoms. The van der Waals surface area contributed by atoms with Gasteiger partial charge >= 0.3 is 0 Å². The van der Waals surface area contributed by atoms with Gasteiger partial charge in [-0.2, -0.15) is 0 Å². The number of carbonyl (C=O) groups is 1. The second-order valence-electron chi connectivity index (χ2n) is 4.32. The largest absolute Gasteiger partial charge is 0.345 e. The minimum absolute atomic E-state index is 0.117. The first-order valence-corrected chi connectivity index (χ1v) is 7.96. The number of carbonyl (C=O) groups excluding carboxylic acids is 1. The summed E-state index contributed by atoms with van der Waals surface area (Å²) in [4.78, 5) is 12.3. The van der Waals surface area contributed by atoms with E-state index in [0.29, 0.717) is 15.1 Å². The second kappa shape index (κ2) is 6.74. The zero-order valence-electron chi connectivity index (χ0n) is 10.7. The summed E-state index contributed by atoms with van der Waals surface area (Å²) in [5.74, 6) is -0.195. The standard InChI is InChI=1S/C15H12Br2ClNO/c1-9(10-5-2-3-7-12(10)16)19-15(20)11-6-4-8-13(17)14(11)18/h2-9H,1H3,(H,19,20). The number of nitrogens with one attached hydrogen (secondary N) is 1. The molecule has 0 radical (unpaired) electrons. The summed E-state index contributed by atoms with van der Waals surface area (Å²) in [5.41, 5.74) is 1.48. The SMILES string of the molecule is CC(NC(=O)c1cccc(Br)c1Cl)c1ccccc1Br. The molecule has 2 aromatic rings. The lowest BCUT2D eigenvalue weighted by atomic mass is 10.1. The van der Waals surface area contributed by atoms with Gasteiger partial charge in [0.25, 0.3) is 5.91 Å². The molecule has 2 nitrogen and oxygen atoms in total. The number of halogens is 3. The Morgan fingerprint density at radius 2 is 1.75 bits per heavy atom. The molecule has 1 amide bonds. The van der Waals surface area contributed by atoms with E-state index in [1.54, 1.807) is 18.2 Å². The van der Waals surface area contributed by atoms with Crippen LogP contribution in [0.5, 0.6) is 0 Å². The third kappa shape index (κ3) is 3.43. The van der Waals surface area contributed by atoms with Crippen molar-refractivity contribution in [1.29, 1.82) is 0 Å². The Balaban J connectivity index is 2.20. The molecule has 0 saturated carbocycles. The Bertz CT molecular complexity index is 646. The maximum Gasteiger partial charge on any atom is 0.253 e. The van der Waals surface area contributed by atoms with Crippen molar-refractivity contribution in [3.63, 3.8) is 0 Å². The van der Waals surface area contributed by atoms with Gasteiger partial charge in [0.05, 0.1) is 16.6 Å². The first-order chi connectivity index (χ1) is 9.50. The molecule has 2 aromatic carbocycles. The van der Waals surface area contributed by atoms with Crippen molar-refractivity contribution >= 4 is 49.4 Å². The van der Waals surface area contributed by atoms with Gasteiger partial charge in [-0.05, 0) is 46.6 Å². The Labute approximate surface area is 139 Å². The van der Waals surface area contributed by atoms with Crippen LogP contribution < -0.4 is 5.32 Å². The van der Waals surface area contributed by atoms with Crippen LogP contribution in [0.15, 0.2) is 51.4 Å². The van der Waals surface area contributed by atoms with Crippen molar-refractivity contribution in [3.8, 4) is 0 Å². The van der Waals surface area contributed by atoms with E-state index in [4.69, 9.17) is 11.6 Å². The number of amides is 1. The van der Waals surface area contributed by atoms with Gasteiger partial charge in [-0.3, -0.25) is 4.79 Å². The highest BCUT2D eigenvalue weighted by atomic mass is 79.9. The average molecular weight is 418 g/mol. The highest BCUT2D eigenvalue weighted by Crippen LogP contribution is 2.27. The predicted octanol–water partition coefficient (Wildman–Crippen LogP) is 5.36. The second-order valence-corrected chi connectivity index (χ2v) is 6.40. The van der Waals surface area contributed by atoms with Crippen molar-refractivity contribution in [2.45, 2.75) is 13.0 Å². The van der Waals surface area contributed by atoms with Crippen LogP contribution in [0.1, 0.15) is 28.9 Å². The van der Waals surface area contributed by atoms with Crippen LogP contribution in [-0.4, -0.2) is 5.91 Å². The molecule has 0 aliphatic carbocycles. The molecule has 0 heterocycles. The predicted molar refractivity (Wildman–Crippen MR) is 89.2 cm³/mol. The molecule has 5 heteroatoms. The van der Waals surface area contributed by atoms with Gasteiger partial charge < -0.3 is 5.32 Å². The molecule has 1 unspecified atom stereocenters. The smallest absolute Gasteiger partial charge is 0.253 e. The van der Waals surface area contributed by atoms with Gasteiger partial charge in [0, 0.05) is 8.95 Å². The monoisotopic (exact) mass is 415 g/mol. The van der Waals surface area contributed by atoms with Crippen molar-refractivity contribution in [3.05, 3.63) is 67.6 Å². The summed E-state index contributed by atoms with van der Waals surface area (Å²) in [6, 6.07) is 13.0. The summed E-state index contributed by atoms with van der Waals surface area (Å²) in [7, 11) is 0. The lowest BCUT2D eigenvalue weighted by Crippen LogP contribution is -2.27. The molecule has 0 fully saturated rings. The molecule has 1 N–H and O–H groups in total. The number of hydrogen-bond donors (Lipinski definition) is 1. The molecule has 0 aromatic heterocycles. The highest BCUT2D eigenvalue weighted by molar-refractivity contribution is 9.10. The third-order valence-electron chi connectivity index (χ3n) is 2.92. The van der Waals surface area contributed by atoms with Crippen molar-refractivity contribution in [2.75, 3.05) is 0 Å². The molecule has 0 aliphatic heterocycles. The fourth-order valence-corrected chi connectivity index (χ4v) is 3.06. The summed E-state index contributed by atoms with van der Waals surface area (Å²) in [6.07, 6.45) is 0. The number of rotatable bonds is 3. The molecule has 0 spiro atoms. The maximum atomic E-state index is 12.3. The van der Waals surface area contributed by atoms with Gasteiger partial charge in [-0.15, -0.1) is 0 Å². The van der Waals surface area contributed by atoms with Crippen LogP contribution in [0.2, 0.25) is 5.02 Å². The average Bonchev–Trinajstić information content (AvgIpc) is 2.42. The van der Waals surface area contributed by atoms with E-state index in [1.807, 2.05) is 31.2 Å². The maximum absolute atomic E-state index is 12.3. The molecule has 0 saturated heterocycles. The van der Waals surface area contributed by atoms with Gasteiger partial charge in [-0.25, -0.2) is 0 Å².